The van der Waals surface area contributed by atoms with Crippen LogP contribution >= 0.6 is 15.9 Å². The monoisotopic (exact) mass is 333 g/mol. The van der Waals surface area contributed by atoms with E-state index in [1.54, 1.807) is 14.2 Å². The third-order valence-electron chi connectivity index (χ3n) is 3.01. The van der Waals surface area contributed by atoms with Crippen molar-refractivity contribution in [3.8, 4) is 22.9 Å². The minimum Gasteiger partial charge on any atom is -0.493 e. The zero-order chi connectivity index (χ0) is 14.1. The highest BCUT2D eigenvalue weighted by Crippen LogP contribution is 2.31. The van der Waals surface area contributed by atoms with Crippen LogP contribution in [0.2, 0.25) is 0 Å². The number of nitrogens with zero attached hydrogens (tertiary/aromatic N) is 3. The second-order valence-corrected chi connectivity index (χ2v) is 5.08. The number of pyridine rings is 1. The van der Waals surface area contributed by atoms with Crippen molar-refractivity contribution in [1.82, 2.24) is 14.6 Å². The number of hydrogen-bond donors (Lipinski definition) is 0. The molecule has 0 spiro atoms. The van der Waals surface area contributed by atoms with Gasteiger partial charge in [0.1, 0.15) is 0 Å². The van der Waals surface area contributed by atoms with Gasteiger partial charge in [0.25, 0.3) is 0 Å². The second-order valence-electron chi connectivity index (χ2n) is 4.17. The summed E-state index contributed by atoms with van der Waals surface area (Å²) < 4.78 is 13.4. The van der Waals surface area contributed by atoms with Gasteiger partial charge in [-0.2, -0.15) is 0 Å². The van der Waals surface area contributed by atoms with E-state index in [9.17, 15) is 0 Å². The Labute approximate surface area is 124 Å². The van der Waals surface area contributed by atoms with E-state index in [1.807, 2.05) is 40.9 Å². The van der Waals surface area contributed by atoms with Crippen molar-refractivity contribution in [2.24, 2.45) is 0 Å². The zero-order valence-corrected chi connectivity index (χ0v) is 12.6. The van der Waals surface area contributed by atoms with Crippen LogP contribution in [0.3, 0.4) is 0 Å². The minimum absolute atomic E-state index is 0.666. The van der Waals surface area contributed by atoms with Crippen LogP contribution in [-0.2, 0) is 0 Å². The van der Waals surface area contributed by atoms with Gasteiger partial charge in [-0.1, -0.05) is 15.9 Å². The molecule has 3 rings (SSSR count). The highest BCUT2D eigenvalue weighted by atomic mass is 79.9. The van der Waals surface area contributed by atoms with E-state index in [0.29, 0.717) is 11.5 Å². The highest BCUT2D eigenvalue weighted by molar-refractivity contribution is 9.10. The van der Waals surface area contributed by atoms with E-state index in [1.165, 1.54) is 0 Å². The van der Waals surface area contributed by atoms with E-state index >= 15 is 0 Å². The van der Waals surface area contributed by atoms with Crippen molar-refractivity contribution in [2.75, 3.05) is 14.2 Å². The largest absolute Gasteiger partial charge is 0.493 e. The Morgan fingerprint density at radius 2 is 1.80 bits per heavy atom. The quantitative estimate of drug-likeness (QED) is 0.738. The van der Waals surface area contributed by atoms with Gasteiger partial charge in [0.2, 0.25) is 0 Å². The van der Waals surface area contributed by atoms with Gasteiger partial charge < -0.3 is 9.47 Å². The normalized spacial score (nSPS) is 10.8. The van der Waals surface area contributed by atoms with E-state index in [-0.39, 0.29) is 0 Å². The van der Waals surface area contributed by atoms with Crippen molar-refractivity contribution in [3.05, 3.63) is 41.0 Å². The summed E-state index contributed by atoms with van der Waals surface area (Å²) in [6.07, 6.45) is 1.92. The van der Waals surface area contributed by atoms with Crippen LogP contribution in [0.25, 0.3) is 17.0 Å². The molecular weight excluding hydrogens is 322 g/mol. The van der Waals surface area contributed by atoms with E-state index < -0.39 is 0 Å². The predicted molar refractivity (Wildman–Crippen MR) is 79.2 cm³/mol. The van der Waals surface area contributed by atoms with Gasteiger partial charge in [0, 0.05) is 16.2 Å². The number of halogens is 1. The molecule has 0 N–H and O–H groups in total. The van der Waals surface area contributed by atoms with Gasteiger partial charge in [-0.25, -0.2) is 0 Å². The fourth-order valence-electron chi connectivity index (χ4n) is 2.04. The molecule has 0 saturated heterocycles. The molecule has 20 heavy (non-hydrogen) atoms. The third-order valence-corrected chi connectivity index (χ3v) is 3.51. The minimum atomic E-state index is 0.666. The second kappa shape index (κ2) is 5.13. The Balaban J connectivity index is 2.15. The molecule has 0 aliphatic rings. The molecule has 2 aromatic heterocycles. The number of ether oxygens (including phenoxy) is 2. The lowest BCUT2D eigenvalue weighted by atomic mass is 10.2. The van der Waals surface area contributed by atoms with Crippen LogP contribution in [0.4, 0.5) is 0 Å². The van der Waals surface area contributed by atoms with Crippen LogP contribution in [0.15, 0.2) is 41.0 Å². The lowest BCUT2D eigenvalue weighted by Crippen LogP contribution is -1.93. The molecular formula is C14H12BrN3O2. The first-order valence-electron chi connectivity index (χ1n) is 5.95. The molecule has 5 nitrogen and oxygen atoms in total. The van der Waals surface area contributed by atoms with Gasteiger partial charge in [-0.15, -0.1) is 10.2 Å². The summed E-state index contributed by atoms with van der Waals surface area (Å²) in [4.78, 5) is 0. The molecule has 0 radical (unpaired) electrons. The zero-order valence-electron chi connectivity index (χ0n) is 11.0. The molecule has 0 saturated carbocycles. The van der Waals surface area contributed by atoms with Crippen LogP contribution in [-0.4, -0.2) is 28.8 Å². The smallest absolute Gasteiger partial charge is 0.168 e. The number of aromatic nitrogens is 3. The lowest BCUT2D eigenvalue weighted by molar-refractivity contribution is 0.355. The molecule has 0 aliphatic heterocycles. The van der Waals surface area contributed by atoms with Gasteiger partial charge in [-0.05, 0) is 30.3 Å². The first-order chi connectivity index (χ1) is 9.72. The van der Waals surface area contributed by atoms with E-state index in [0.717, 1.165) is 21.5 Å². The van der Waals surface area contributed by atoms with E-state index in [2.05, 4.69) is 26.1 Å². The summed E-state index contributed by atoms with van der Waals surface area (Å²) in [5.41, 5.74) is 1.70. The van der Waals surface area contributed by atoms with Crippen LogP contribution in [0, 0.1) is 0 Å². The van der Waals surface area contributed by atoms with Crippen LogP contribution in [0.1, 0.15) is 0 Å². The number of methoxy groups -OCH3 is 2. The number of fused-ring (bicyclic) bond motifs is 1. The topological polar surface area (TPSA) is 48.7 Å². The summed E-state index contributed by atoms with van der Waals surface area (Å²) in [7, 11) is 3.22. The molecule has 0 amide bonds. The predicted octanol–water partition coefficient (Wildman–Crippen LogP) is 3.18. The Morgan fingerprint density at radius 3 is 2.55 bits per heavy atom. The van der Waals surface area contributed by atoms with E-state index in [4.69, 9.17) is 9.47 Å². The summed E-state index contributed by atoms with van der Waals surface area (Å²) >= 11 is 3.42. The Kier molecular flexibility index (Phi) is 3.31. The maximum absolute atomic E-state index is 5.32. The van der Waals surface area contributed by atoms with Gasteiger partial charge in [-0.3, -0.25) is 4.40 Å². The first kappa shape index (κ1) is 12.9. The van der Waals surface area contributed by atoms with Crippen molar-refractivity contribution in [2.45, 2.75) is 0 Å². The van der Waals surface area contributed by atoms with Crippen molar-refractivity contribution in [1.29, 1.82) is 0 Å². The number of hydrogen-bond acceptors (Lipinski definition) is 4. The molecule has 0 atom stereocenters. The van der Waals surface area contributed by atoms with Crippen molar-refractivity contribution < 1.29 is 9.47 Å². The summed E-state index contributed by atoms with van der Waals surface area (Å²) in [6.45, 7) is 0. The highest BCUT2D eigenvalue weighted by Gasteiger charge is 2.11. The molecule has 1 aromatic carbocycles. The number of rotatable bonds is 3. The van der Waals surface area contributed by atoms with Crippen molar-refractivity contribution in [3.63, 3.8) is 0 Å². The summed E-state index contributed by atoms with van der Waals surface area (Å²) in [5, 5.41) is 8.40. The van der Waals surface area contributed by atoms with Crippen LogP contribution in [0.5, 0.6) is 11.5 Å². The fourth-order valence-corrected chi connectivity index (χ4v) is 2.36. The van der Waals surface area contributed by atoms with Gasteiger partial charge >= 0.3 is 0 Å². The fraction of sp³-hybridized carbons (Fsp3) is 0.143. The maximum atomic E-state index is 5.32. The summed E-state index contributed by atoms with van der Waals surface area (Å²) in [6, 6.07) is 9.53. The molecule has 0 unspecified atom stereocenters. The molecule has 0 fully saturated rings. The molecule has 0 bridgehead atoms. The Hall–Kier alpha value is -2.08. The van der Waals surface area contributed by atoms with Gasteiger partial charge in [0.15, 0.2) is 23.0 Å². The maximum Gasteiger partial charge on any atom is 0.168 e. The van der Waals surface area contributed by atoms with Crippen molar-refractivity contribution >= 4 is 21.6 Å². The average Bonchev–Trinajstić information content (AvgIpc) is 2.89. The molecule has 0 aliphatic carbocycles. The Morgan fingerprint density at radius 1 is 1.00 bits per heavy atom. The SMILES string of the molecule is COc1ccc(-c2nnc3cc(Br)ccn23)cc1OC. The molecule has 3 aromatic rings. The summed E-state index contributed by atoms with van der Waals surface area (Å²) in [5.74, 6) is 2.11. The van der Waals surface area contributed by atoms with Crippen LogP contribution < -0.4 is 9.47 Å². The standard InChI is InChI=1S/C14H12BrN3O2/c1-19-11-4-3-9(7-12(11)20-2)14-17-16-13-8-10(15)5-6-18(13)14/h3-8H,1-2H3. The number of benzene rings is 1. The third kappa shape index (κ3) is 2.12. The lowest BCUT2D eigenvalue weighted by Gasteiger charge is -2.08. The average molecular weight is 334 g/mol. The first-order valence-corrected chi connectivity index (χ1v) is 6.75. The Bertz CT molecular complexity index is 770. The molecule has 2 heterocycles. The van der Waals surface area contributed by atoms with Gasteiger partial charge in [0.05, 0.1) is 14.2 Å². The molecule has 102 valence electrons. The molecule has 6 heteroatoms.